The number of nitrogens with one attached hydrogen (secondary N) is 1. The van der Waals surface area contributed by atoms with Crippen molar-refractivity contribution in [3.05, 3.63) is 65.3 Å². The van der Waals surface area contributed by atoms with Crippen LogP contribution in [0, 0.1) is 5.41 Å². The van der Waals surface area contributed by atoms with E-state index in [1.165, 1.54) is 11.3 Å². The van der Waals surface area contributed by atoms with Crippen LogP contribution in [0.4, 0.5) is 5.69 Å². The summed E-state index contributed by atoms with van der Waals surface area (Å²) in [7, 11) is 0. The topological polar surface area (TPSA) is 87.7 Å². The summed E-state index contributed by atoms with van der Waals surface area (Å²) in [6.45, 7) is 20.0. The highest BCUT2D eigenvalue weighted by Gasteiger charge is 2.42. The van der Waals surface area contributed by atoms with E-state index in [1.54, 1.807) is 6.07 Å². The molecule has 38 heavy (non-hydrogen) atoms. The quantitative estimate of drug-likeness (QED) is 0.362. The molecule has 0 aromatic heterocycles. The third kappa shape index (κ3) is 6.82. The third-order valence-corrected chi connectivity index (χ3v) is 6.84. The number of anilines is 1. The number of benzene rings is 2. The molecule has 2 heterocycles. The van der Waals surface area contributed by atoms with Gasteiger partial charge in [0.05, 0.1) is 12.2 Å². The molecule has 2 aliphatic heterocycles. The monoisotopic (exact) mass is 517 g/mol. The number of nitrogens with zero attached hydrogens (tertiary/aromatic N) is 1. The first kappa shape index (κ1) is 31.0. The number of phenolic OH excluding ortho intramolecular Hbond substituents is 1. The molecule has 5 rings (SSSR count). The summed E-state index contributed by atoms with van der Waals surface area (Å²) in [5.74, 6) is 0.0577. The average molecular weight is 518 g/mol. The van der Waals surface area contributed by atoms with Crippen molar-refractivity contribution >= 4 is 22.9 Å². The molecule has 206 valence electrons. The van der Waals surface area contributed by atoms with Crippen LogP contribution in [-0.2, 0) is 10.2 Å². The lowest BCUT2D eigenvalue weighted by atomic mass is 9.90. The molecule has 0 bridgehead atoms. The Morgan fingerprint density at radius 3 is 2.05 bits per heavy atom. The Hall–Kier alpha value is -3.18. The molecule has 0 saturated heterocycles. The smallest absolute Gasteiger partial charge is 0.256 e. The number of fused-ring (bicyclic) bond motifs is 1. The number of carbonyl (C=O) groups is 1. The first-order chi connectivity index (χ1) is 18.1. The first-order valence-electron chi connectivity index (χ1n) is 13.9. The summed E-state index contributed by atoms with van der Waals surface area (Å²) in [5.41, 5.74) is 13.6. The van der Waals surface area contributed by atoms with Gasteiger partial charge in [0.25, 0.3) is 5.91 Å². The van der Waals surface area contributed by atoms with Crippen LogP contribution in [-0.4, -0.2) is 29.8 Å². The fourth-order valence-electron chi connectivity index (χ4n) is 4.55. The van der Waals surface area contributed by atoms with Crippen LogP contribution < -0.4 is 11.1 Å². The van der Waals surface area contributed by atoms with E-state index in [-0.39, 0.29) is 22.5 Å². The van der Waals surface area contributed by atoms with Crippen LogP contribution in [0.2, 0.25) is 0 Å². The van der Waals surface area contributed by atoms with Gasteiger partial charge in [-0.3, -0.25) is 9.79 Å². The van der Waals surface area contributed by atoms with Gasteiger partial charge in [-0.05, 0) is 50.0 Å². The Labute approximate surface area is 230 Å². The molecule has 0 atom stereocenters. The van der Waals surface area contributed by atoms with Gasteiger partial charge in [-0.15, -0.1) is 0 Å². The van der Waals surface area contributed by atoms with Crippen LogP contribution in [0.3, 0.4) is 0 Å². The van der Waals surface area contributed by atoms with Gasteiger partial charge in [-0.2, -0.15) is 0 Å². The Kier molecular flexibility index (Phi) is 10.7. The van der Waals surface area contributed by atoms with Gasteiger partial charge in [-0.1, -0.05) is 84.4 Å². The largest absolute Gasteiger partial charge is 0.507 e. The maximum atomic E-state index is 12.2. The zero-order valence-corrected chi connectivity index (χ0v) is 24.8. The molecule has 0 unspecified atom stereocenters. The van der Waals surface area contributed by atoms with Crippen LogP contribution in [0.15, 0.2) is 59.1 Å². The summed E-state index contributed by atoms with van der Waals surface area (Å²) >= 11 is 0. The molecule has 1 amide bonds. The molecule has 1 aliphatic carbocycles. The molecule has 5 heteroatoms. The number of aliphatic imine (C=N–C) groups is 1. The van der Waals surface area contributed by atoms with Crippen molar-refractivity contribution in [2.24, 2.45) is 16.1 Å². The Morgan fingerprint density at radius 1 is 1.03 bits per heavy atom. The Bertz CT molecular complexity index is 1200. The number of allylic oxidation sites excluding steroid dienone is 2. The van der Waals surface area contributed by atoms with Gasteiger partial charge in [-0.25, -0.2) is 0 Å². The van der Waals surface area contributed by atoms with E-state index in [9.17, 15) is 9.90 Å². The lowest BCUT2D eigenvalue weighted by molar-refractivity contribution is -0.110. The SMILES string of the molecule is CC.CC.CC(C)(C)C1=NCC=C1.CC(C)=C1C(=O)Nc2cc(O)c(-c3ccc(C4(CN)CC4)cc3)cc21. The van der Waals surface area contributed by atoms with E-state index in [4.69, 9.17) is 5.73 Å². The van der Waals surface area contributed by atoms with Crippen molar-refractivity contribution in [1.82, 2.24) is 0 Å². The van der Waals surface area contributed by atoms with E-state index in [0.717, 1.165) is 41.6 Å². The highest BCUT2D eigenvalue weighted by atomic mass is 16.3. The highest BCUT2D eigenvalue weighted by Crippen LogP contribution is 2.48. The van der Waals surface area contributed by atoms with Crippen LogP contribution in [0.1, 0.15) is 86.3 Å². The zero-order valence-electron chi connectivity index (χ0n) is 24.8. The predicted octanol–water partition coefficient (Wildman–Crippen LogP) is 7.89. The molecular weight excluding hydrogens is 470 g/mol. The number of hydrogen-bond donors (Lipinski definition) is 3. The molecule has 1 fully saturated rings. The molecule has 1 saturated carbocycles. The van der Waals surface area contributed by atoms with Crippen LogP contribution in [0.25, 0.3) is 16.7 Å². The van der Waals surface area contributed by atoms with Crippen molar-refractivity contribution in [3.8, 4) is 16.9 Å². The average Bonchev–Trinajstić information content (AvgIpc) is 3.33. The molecule has 4 N–H and O–H groups in total. The van der Waals surface area contributed by atoms with Gasteiger partial charge >= 0.3 is 0 Å². The van der Waals surface area contributed by atoms with E-state index < -0.39 is 0 Å². The lowest BCUT2D eigenvalue weighted by Crippen LogP contribution is -2.19. The molecule has 0 spiro atoms. The van der Waals surface area contributed by atoms with Gasteiger partial charge in [0, 0.05) is 45.9 Å². The zero-order chi connectivity index (χ0) is 28.7. The number of aromatic hydroxyl groups is 1. The van der Waals surface area contributed by atoms with Gasteiger partial charge < -0.3 is 16.2 Å². The molecule has 0 radical (unpaired) electrons. The molecule has 2 aromatic carbocycles. The van der Waals surface area contributed by atoms with Gasteiger partial charge in [0.15, 0.2) is 0 Å². The van der Waals surface area contributed by atoms with Crippen molar-refractivity contribution in [1.29, 1.82) is 0 Å². The maximum absolute atomic E-state index is 12.2. The van der Waals surface area contributed by atoms with E-state index >= 15 is 0 Å². The Morgan fingerprint density at radius 2 is 1.63 bits per heavy atom. The third-order valence-electron chi connectivity index (χ3n) is 6.84. The van der Waals surface area contributed by atoms with Crippen molar-refractivity contribution < 1.29 is 9.90 Å². The van der Waals surface area contributed by atoms with Crippen molar-refractivity contribution in [2.45, 2.75) is 80.6 Å². The normalized spacial score (nSPS) is 16.0. The first-order valence-corrected chi connectivity index (χ1v) is 13.9. The number of amides is 1. The van der Waals surface area contributed by atoms with Gasteiger partial charge in [0.1, 0.15) is 5.75 Å². The minimum absolute atomic E-state index is 0.111. The van der Waals surface area contributed by atoms with E-state index in [2.05, 4.69) is 55.4 Å². The molecule has 3 aliphatic rings. The summed E-state index contributed by atoms with van der Waals surface area (Å²) < 4.78 is 0. The maximum Gasteiger partial charge on any atom is 0.256 e. The molecular formula is C33H47N3O2. The van der Waals surface area contributed by atoms with Gasteiger partial charge in [0.2, 0.25) is 0 Å². The minimum Gasteiger partial charge on any atom is -0.507 e. The Balaban J connectivity index is 0.000000328. The van der Waals surface area contributed by atoms with Crippen LogP contribution >= 0.6 is 0 Å². The fourth-order valence-corrected chi connectivity index (χ4v) is 4.55. The van der Waals surface area contributed by atoms with Crippen molar-refractivity contribution in [2.75, 3.05) is 18.4 Å². The number of nitrogens with two attached hydrogens (primary N) is 1. The van der Waals surface area contributed by atoms with Crippen LogP contribution in [0.5, 0.6) is 5.75 Å². The standard InChI is InChI=1S/C21H22N2O2.C8H13N.2C2H6/c1-12(2)19-16-9-15(18(24)10-17(16)23-20(19)25)13-3-5-14(6-4-13)21(11-22)7-8-21;1-8(2,3)7-5-4-6-9-7;2*1-2/h3-6,9-10,24H,7-8,11,22H2,1-2H3,(H,23,25);4-5H,6H2,1-3H3;2*1-2H3. The summed E-state index contributed by atoms with van der Waals surface area (Å²) in [4.78, 5) is 16.5. The van der Waals surface area contributed by atoms with E-state index in [0.29, 0.717) is 17.8 Å². The number of rotatable bonds is 3. The lowest BCUT2D eigenvalue weighted by Gasteiger charge is -2.16. The number of phenols is 1. The predicted molar refractivity (Wildman–Crippen MR) is 164 cm³/mol. The fraction of sp³-hybridized carbons (Fsp3) is 0.455. The van der Waals surface area contributed by atoms with Crippen molar-refractivity contribution in [3.63, 3.8) is 0 Å². The minimum atomic E-state index is -0.111. The summed E-state index contributed by atoms with van der Waals surface area (Å²) in [6.07, 6.45) is 6.50. The molecule has 2 aromatic rings. The second-order valence-corrected chi connectivity index (χ2v) is 10.7. The number of hydrogen-bond acceptors (Lipinski definition) is 4. The second kappa shape index (κ2) is 13.1. The number of carbonyl (C=O) groups excluding carboxylic acids is 1. The van der Waals surface area contributed by atoms with E-state index in [1.807, 2.05) is 59.7 Å². The highest BCUT2D eigenvalue weighted by molar-refractivity contribution is 6.32. The summed E-state index contributed by atoms with van der Waals surface area (Å²) in [6, 6.07) is 11.8. The summed E-state index contributed by atoms with van der Waals surface area (Å²) in [5, 5.41) is 13.3. The molecule has 5 nitrogen and oxygen atoms in total. The second-order valence-electron chi connectivity index (χ2n) is 10.7.